The molecule has 0 aliphatic carbocycles. The number of nitrogens with zero attached hydrogens (tertiary/aromatic N) is 4. The van der Waals surface area contributed by atoms with Crippen molar-refractivity contribution in [2.75, 3.05) is 48.9 Å². The van der Waals surface area contributed by atoms with Crippen molar-refractivity contribution in [1.82, 2.24) is 15.0 Å². The van der Waals surface area contributed by atoms with Gasteiger partial charge >= 0.3 is 0 Å². The lowest BCUT2D eigenvalue weighted by Crippen LogP contribution is -2.36. The Hall–Kier alpha value is -4.21. The molecule has 2 aromatic heterocycles. The van der Waals surface area contributed by atoms with Crippen LogP contribution in [0.2, 0.25) is 5.02 Å². The van der Waals surface area contributed by atoms with Crippen molar-refractivity contribution in [1.29, 1.82) is 0 Å². The van der Waals surface area contributed by atoms with Gasteiger partial charge in [-0.05, 0) is 48.0 Å². The third-order valence-corrected chi connectivity index (χ3v) is 6.24. The Morgan fingerprint density at radius 2 is 2.00 bits per heavy atom. The summed E-state index contributed by atoms with van der Waals surface area (Å²) in [5, 5.41) is 7.35. The van der Waals surface area contributed by atoms with Crippen molar-refractivity contribution in [2.24, 2.45) is 0 Å². The number of carbonyl (C=O) groups is 1. The van der Waals surface area contributed by atoms with Crippen LogP contribution in [0.1, 0.15) is 0 Å². The molecule has 0 radical (unpaired) electrons. The van der Waals surface area contributed by atoms with Gasteiger partial charge in [-0.3, -0.25) is 4.79 Å². The molecule has 0 atom stereocenters. The van der Waals surface area contributed by atoms with Gasteiger partial charge in [0.05, 0.1) is 30.9 Å². The molecule has 1 saturated heterocycles. The van der Waals surface area contributed by atoms with Crippen molar-refractivity contribution in [3.63, 3.8) is 0 Å². The van der Waals surface area contributed by atoms with Gasteiger partial charge in [-0.15, -0.1) is 0 Å². The van der Waals surface area contributed by atoms with Crippen LogP contribution in [0.4, 0.5) is 23.1 Å². The number of amides is 1. The highest BCUT2D eigenvalue weighted by molar-refractivity contribution is 6.35. The van der Waals surface area contributed by atoms with Crippen molar-refractivity contribution in [3.8, 4) is 17.0 Å². The number of rotatable bonds is 7. The largest absolute Gasteiger partial charge is 0.479 e. The first-order valence-corrected chi connectivity index (χ1v) is 12.1. The number of pyridine rings is 1. The fourth-order valence-electron chi connectivity index (χ4n) is 4.12. The van der Waals surface area contributed by atoms with Crippen LogP contribution in [0.15, 0.2) is 67.4 Å². The first-order valence-electron chi connectivity index (χ1n) is 11.7. The summed E-state index contributed by atoms with van der Waals surface area (Å²) in [5.74, 6) is 1.33. The minimum Gasteiger partial charge on any atom is -0.479 e. The zero-order valence-corrected chi connectivity index (χ0v) is 21.0. The molecule has 3 heterocycles. The monoisotopic (exact) mass is 516 g/mol. The van der Waals surface area contributed by atoms with Gasteiger partial charge in [0.15, 0.2) is 0 Å². The lowest BCUT2D eigenvalue weighted by Gasteiger charge is -2.28. The maximum atomic E-state index is 11.8. The molecule has 2 aromatic carbocycles. The molecule has 1 amide bonds. The minimum absolute atomic E-state index is 0.294. The highest BCUT2D eigenvalue weighted by atomic mass is 35.5. The maximum absolute atomic E-state index is 11.8. The third kappa shape index (κ3) is 5.32. The summed E-state index contributed by atoms with van der Waals surface area (Å²) in [6.07, 6.45) is 2.95. The van der Waals surface area contributed by atoms with E-state index in [2.05, 4.69) is 32.1 Å². The molecule has 0 bridgehead atoms. The van der Waals surface area contributed by atoms with Crippen LogP contribution in [-0.2, 0) is 9.53 Å². The summed E-state index contributed by atoms with van der Waals surface area (Å²) in [6.45, 7) is 6.39. The van der Waals surface area contributed by atoms with E-state index in [4.69, 9.17) is 26.1 Å². The Bertz CT molecular complexity index is 1470. The van der Waals surface area contributed by atoms with E-state index in [0.717, 1.165) is 35.4 Å². The number of nitrogens with one attached hydrogen (secondary N) is 2. The number of benzene rings is 2. The summed E-state index contributed by atoms with van der Waals surface area (Å²) < 4.78 is 11.0. The highest BCUT2D eigenvalue weighted by Gasteiger charge is 2.17. The topological polar surface area (TPSA) is 102 Å². The molecule has 1 aliphatic rings. The van der Waals surface area contributed by atoms with Gasteiger partial charge in [0.25, 0.3) is 0 Å². The first-order chi connectivity index (χ1) is 18.1. The van der Waals surface area contributed by atoms with E-state index in [1.54, 1.807) is 19.4 Å². The predicted molar refractivity (Wildman–Crippen MR) is 146 cm³/mol. The molecular weight excluding hydrogens is 492 g/mol. The Balaban J connectivity index is 1.49. The molecule has 0 unspecified atom stereocenters. The molecule has 0 spiro atoms. The average molecular weight is 517 g/mol. The Labute approximate surface area is 219 Å². The molecule has 188 valence electrons. The smallest absolute Gasteiger partial charge is 0.247 e. The second kappa shape index (κ2) is 10.8. The van der Waals surface area contributed by atoms with Gasteiger partial charge in [0, 0.05) is 35.9 Å². The van der Waals surface area contributed by atoms with Gasteiger partial charge in [-0.25, -0.2) is 9.97 Å². The molecule has 5 rings (SSSR count). The maximum Gasteiger partial charge on any atom is 0.247 e. The van der Waals surface area contributed by atoms with Crippen LogP contribution >= 0.6 is 11.6 Å². The van der Waals surface area contributed by atoms with Crippen LogP contribution in [0.3, 0.4) is 0 Å². The van der Waals surface area contributed by atoms with Crippen molar-refractivity contribution < 1.29 is 14.3 Å². The van der Waals surface area contributed by atoms with E-state index >= 15 is 0 Å². The second-order valence-electron chi connectivity index (χ2n) is 8.28. The van der Waals surface area contributed by atoms with E-state index in [0.29, 0.717) is 47.0 Å². The third-order valence-electron chi connectivity index (χ3n) is 5.93. The summed E-state index contributed by atoms with van der Waals surface area (Å²) >= 11 is 6.65. The van der Waals surface area contributed by atoms with Gasteiger partial charge in [-0.1, -0.05) is 30.3 Å². The van der Waals surface area contributed by atoms with Crippen molar-refractivity contribution >= 4 is 51.6 Å². The van der Waals surface area contributed by atoms with E-state index < -0.39 is 0 Å². The van der Waals surface area contributed by atoms with Crippen LogP contribution in [-0.4, -0.2) is 54.3 Å². The van der Waals surface area contributed by atoms with Crippen LogP contribution in [0.25, 0.3) is 22.0 Å². The summed E-state index contributed by atoms with van der Waals surface area (Å²) in [4.78, 5) is 27.9. The Morgan fingerprint density at radius 3 is 2.78 bits per heavy atom. The molecule has 1 fully saturated rings. The fourth-order valence-corrected chi connectivity index (χ4v) is 4.39. The zero-order valence-electron chi connectivity index (χ0n) is 20.2. The lowest BCUT2D eigenvalue weighted by molar-refractivity contribution is -0.111. The van der Waals surface area contributed by atoms with E-state index in [1.165, 1.54) is 6.08 Å². The zero-order chi connectivity index (χ0) is 25.8. The first kappa shape index (κ1) is 24.5. The molecular formula is C27H25ClN6O3. The van der Waals surface area contributed by atoms with Gasteiger partial charge in [0.2, 0.25) is 17.7 Å². The van der Waals surface area contributed by atoms with E-state index in [1.807, 2.05) is 42.5 Å². The number of halogens is 1. The molecule has 37 heavy (non-hydrogen) atoms. The standard InChI is InChI=1S/C27H25ClN6O3/c1-3-23(35)30-19-6-4-5-17(15-19)24-20(28)8-7-18-16-29-27(33-25(18)24)31-21-9-10-22(32-26(21)36-2)34-11-13-37-14-12-34/h3-10,15-16H,1,11-14H2,2H3,(H,30,35)(H,29,31,33). The molecule has 0 saturated carbocycles. The predicted octanol–water partition coefficient (Wildman–Crippen LogP) is 5.06. The summed E-state index contributed by atoms with van der Waals surface area (Å²) in [6, 6.07) is 14.9. The van der Waals surface area contributed by atoms with E-state index in [9.17, 15) is 4.79 Å². The Morgan fingerprint density at radius 1 is 1.16 bits per heavy atom. The van der Waals surface area contributed by atoms with Crippen molar-refractivity contribution in [2.45, 2.75) is 0 Å². The number of methoxy groups -OCH3 is 1. The van der Waals surface area contributed by atoms with E-state index in [-0.39, 0.29) is 5.91 Å². The fraction of sp³-hybridized carbons (Fsp3) is 0.185. The van der Waals surface area contributed by atoms with Gasteiger partial charge < -0.3 is 25.0 Å². The molecule has 9 nitrogen and oxygen atoms in total. The van der Waals surface area contributed by atoms with Gasteiger partial charge in [0.1, 0.15) is 11.5 Å². The number of fused-ring (bicyclic) bond motifs is 1. The Kier molecular flexibility index (Phi) is 7.16. The number of hydrogen-bond donors (Lipinski definition) is 2. The van der Waals surface area contributed by atoms with Crippen LogP contribution in [0, 0.1) is 0 Å². The molecule has 4 aromatic rings. The number of hydrogen-bond acceptors (Lipinski definition) is 8. The van der Waals surface area contributed by atoms with Crippen LogP contribution < -0.4 is 20.3 Å². The number of morpholine rings is 1. The number of anilines is 4. The molecule has 10 heteroatoms. The summed E-state index contributed by atoms with van der Waals surface area (Å²) in [7, 11) is 1.58. The number of aromatic nitrogens is 3. The summed E-state index contributed by atoms with van der Waals surface area (Å²) in [5.41, 5.74) is 3.45. The second-order valence-corrected chi connectivity index (χ2v) is 8.69. The quantitative estimate of drug-likeness (QED) is 0.329. The SMILES string of the molecule is C=CC(=O)Nc1cccc(-c2c(Cl)ccc3cnc(Nc4ccc(N5CCOCC5)nc4OC)nc23)c1. The highest BCUT2D eigenvalue weighted by Crippen LogP contribution is 2.36. The molecule has 1 aliphatic heterocycles. The normalized spacial score (nSPS) is 13.3. The lowest BCUT2D eigenvalue weighted by atomic mass is 10.0. The van der Waals surface area contributed by atoms with Gasteiger partial charge in [-0.2, -0.15) is 4.98 Å². The number of carbonyl (C=O) groups excluding carboxylic acids is 1. The average Bonchev–Trinajstić information content (AvgIpc) is 2.93. The number of ether oxygens (including phenoxy) is 2. The molecule has 2 N–H and O–H groups in total. The van der Waals surface area contributed by atoms with Crippen LogP contribution in [0.5, 0.6) is 5.88 Å². The van der Waals surface area contributed by atoms with Crippen molar-refractivity contribution in [3.05, 3.63) is 72.4 Å². The minimum atomic E-state index is -0.294.